The molecule has 0 saturated carbocycles. The highest BCUT2D eigenvalue weighted by Gasteiger charge is 2.31. The lowest BCUT2D eigenvalue weighted by molar-refractivity contribution is 0.349. The number of nitrogens with zero attached hydrogens (tertiary/aromatic N) is 2. The van der Waals surface area contributed by atoms with Crippen molar-refractivity contribution in [1.82, 2.24) is 0 Å². The summed E-state index contributed by atoms with van der Waals surface area (Å²) in [5, 5.41) is 6.46. The van der Waals surface area contributed by atoms with E-state index in [4.69, 9.17) is 15.2 Å². The van der Waals surface area contributed by atoms with Crippen LogP contribution in [0.15, 0.2) is 47.6 Å². The predicted octanol–water partition coefficient (Wildman–Crippen LogP) is 3.11. The van der Waals surface area contributed by atoms with E-state index < -0.39 is 0 Å². The van der Waals surface area contributed by atoms with Gasteiger partial charge in [0.1, 0.15) is 5.82 Å². The van der Waals surface area contributed by atoms with Crippen LogP contribution in [0, 0.1) is 5.82 Å². The van der Waals surface area contributed by atoms with Crippen LogP contribution in [0.4, 0.5) is 10.1 Å². The molecule has 0 fully saturated rings. The molecule has 2 N–H and O–H groups in total. The van der Waals surface area contributed by atoms with Crippen LogP contribution in [0.2, 0.25) is 0 Å². The molecule has 1 heterocycles. The average Bonchev–Trinajstić information content (AvgIpc) is 3.05. The van der Waals surface area contributed by atoms with E-state index in [0.29, 0.717) is 24.5 Å². The number of halogens is 1. The SMILES string of the molecule is COc1cccc(C2CC(CN)=NN2c2ccc(F)cc2)c1OC. The second-order valence-electron chi connectivity index (χ2n) is 5.49. The van der Waals surface area contributed by atoms with Crippen LogP contribution in [0.1, 0.15) is 18.0 Å². The molecule has 1 aliphatic rings. The Labute approximate surface area is 140 Å². The minimum atomic E-state index is -0.281. The lowest BCUT2D eigenvalue weighted by Crippen LogP contribution is -2.19. The Morgan fingerprint density at radius 2 is 1.92 bits per heavy atom. The Morgan fingerprint density at radius 1 is 1.17 bits per heavy atom. The van der Waals surface area contributed by atoms with Gasteiger partial charge >= 0.3 is 0 Å². The quantitative estimate of drug-likeness (QED) is 0.916. The molecule has 0 radical (unpaired) electrons. The van der Waals surface area contributed by atoms with Crippen molar-refractivity contribution < 1.29 is 13.9 Å². The van der Waals surface area contributed by atoms with Crippen LogP contribution in [0.5, 0.6) is 11.5 Å². The van der Waals surface area contributed by atoms with E-state index in [9.17, 15) is 4.39 Å². The number of rotatable bonds is 5. The first-order valence-corrected chi connectivity index (χ1v) is 7.70. The molecular weight excluding hydrogens is 309 g/mol. The Bertz CT molecular complexity index is 746. The van der Waals surface area contributed by atoms with Crippen LogP contribution < -0.4 is 20.2 Å². The molecule has 0 aliphatic carbocycles. The van der Waals surface area contributed by atoms with Gasteiger partial charge in [-0.05, 0) is 30.3 Å². The van der Waals surface area contributed by atoms with E-state index in [2.05, 4.69) is 5.10 Å². The summed E-state index contributed by atoms with van der Waals surface area (Å²) in [6.07, 6.45) is 0.678. The van der Waals surface area contributed by atoms with Gasteiger partial charge < -0.3 is 15.2 Å². The Hall–Kier alpha value is -2.60. The second-order valence-corrected chi connectivity index (χ2v) is 5.49. The van der Waals surface area contributed by atoms with Crippen molar-refractivity contribution in [2.75, 3.05) is 25.8 Å². The van der Waals surface area contributed by atoms with Gasteiger partial charge in [-0.1, -0.05) is 12.1 Å². The number of hydrogen-bond acceptors (Lipinski definition) is 5. The van der Waals surface area contributed by atoms with Crippen molar-refractivity contribution in [3.8, 4) is 11.5 Å². The highest BCUT2D eigenvalue weighted by molar-refractivity contribution is 5.90. The van der Waals surface area contributed by atoms with Gasteiger partial charge in [0.2, 0.25) is 0 Å². The molecule has 0 saturated heterocycles. The highest BCUT2D eigenvalue weighted by Crippen LogP contribution is 2.42. The first kappa shape index (κ1) is 16.3. The zero-order valence-corrected chi connectivity index (χ0v) is 13.7. The van der Waals surface area contributed by atoms with Gasteiger partial charge in [0.25, 0.3) is 0 Å². The predicted molar refractivity (Wildman–Crippen MR) is 92.3 cm³/mol. The maximum absolute atomic E-state index is 13.2. The normalized spacial score (nSPS) is 16.9. The van der Waals surface area contributed by atoms with Gasteiger partial charge in [-0.2, -0.15) is 5.10 Å². The van der Waals surface area contributed by atoms with E-state index in [1.807, 2.05) is 23.2 Å². The van der Waals surface area contributed by atoms with E-state index in [1.54, 1.807) is 26.4 Å². The first-order chi connectivity index (χ1) is 11.7. The molecule has 0 aromatic heterocycles. The van der Waals surface area contributed by atoms with Crippen molar-refractivity contribution >= 4 is 11.4 Å². The van der Waals surface area contributed by atoms with Gasteiger partial charge in [0.05, 0.1) is 31.7 Å². The molecule has 0 amide bonds. The van der Waals surface area contributed by atoms with E-state index in [0.717, 1.165) is 17.0 Å². The monoisotopic (exact) mass is 329 g/mol. The van der Waals surface area contributed by atoms with Crippen LogP contribution >= 0.6 is 0 Å². The van der Waals surface area contributed by atoms with Gasteiger partial charge in [-0.3, -0.25) is 5.01 Å². The molecular formula is C18H20FN3O2. The number of methoxy groups -OCH3 is 2. The Balaban J connectivity index is 2.04. The second kappa shape index (κ2) is 6.88. The minimum absolute atomic E-state index is 0.0842. The summed E-state index contributed by atoms with van der Waals surface area (Å²) in [6, 6.07) is 11.9. The zero-order chi connectivity index (χ0) is 17.1. The molecule has 6 heteroatoms. The summed E-state index contributed by atoms with van der Waals surface area (Å²) in [7, 11) is 3.22. The average molecular weight is 329 g/mol. The van der Waals surface area contributed by atoms with Gasteiger partial charge in [0, 0.05) is 18.5 Å². The van der Waals surface area contributed by atoms with Gasteiger partial charge in [-0.15, -0.1) is 0 Å². The van der Waals surface area contributed by atoms with Gasteiger partial charge in [0.15, 0.2) is 11.5 Å². The summed E-state index contributed by atoms with van der Waals surface area (Å²) < 4.78 is 24.2. The maximum Gasteiger partial charge on any atom is 0.166 e. The summed E-state index contributed by atoms with van der Waals surface area (Å²) in [4.78, 5) is 0. The summed E-state index contributed by atoms with van der Waals surface area (Å²) in [5.41, 5.74) is 8.43. The van der Waals surface area contributed by atoms with Crippen LogP contribution in [0.25, 0.3) is 0 Å². The fourth-order valence-corrected chi connectivity index (χ4v) is 2.94. The molecule has 0 spiro atoms. The third-order valence-electron chi connectivity index (χ3n) is 4.09. The third kappa shape index (κ3) is 2.92. The first-order valence-electron chi connectivity index (χ1n) is 7.70. The summed E-state index contributed by atoms with van der Waals surface area (Å²) >= 11 is 0. The molecule has 24 heavy (non-hydrogen) atoms. The smallest absolute Gasteiger partial charge is 0.166 e. The molecule has 2 aromatic rings. The lowest BCUT2D eigenvalue weighted by atomic mass is 9.99. The van der Waals surface area contributed by atoms with Crippen molar-refractivity contribution in [2.45, 2.75) is 12.5 Å². The summed E-state index contributed by atoms with van der Waals surface area (Å²) in [5.74, 6) is 1.05. The van der Waals surface area contributed by atoms with Crippen molar-refractivity contribution in [2.24, 2.45) is 10.8 Å². The number of para-hydroxylation sites is 1. The number of anilines is 1. The van der Waals surface area contributed by atoms with Crippen molar-refractivity contribution in [3.05, 3.63) is 53.8 Å². The molecule has 1 atom stereocenters. The number of hydrazone groups is 1. The number of hydrogen-bond donors (Lipinski definition) is 1. The molecule has 1 unspecified atom stereocenters. The van der Waals surface area contributed by atoms with Gasteiger partial charge in [-0.25, -0.2) is 4.39 Å². The molecule has 5 nitrogen and oxygen atoms in total. The third-order valence-corrected chi connectivity index (χ3v) is 4.09. The van der Waals surface area contributed by atoms with E-state index >= 15 is 0 Å². The zero-order valence-electron chi connectivity index (χ0n) is 13.7. The van der Waals surface area contributed by atoms with Crippen LogP contribution in [-0.2, 0) is 0 Å². The standard InChI is InChI=1S/C18H20FN3O2/c1-23-17-5-3-4-15(18(17)24-2)16-10-13(11-20)21-22(16)14-8-6-12(19)7-9-14/h3-9,16H,10-11,20H2,1-2H3. The highest BCUT2D eigenvalue weighted by atomic mass is 19.1. The summed E-state index contributed by atoms with van der Waals surface area (Å²) in [6.45, 7) is 0.375. The molecule has 126 valence electrons. The fraction of sp³-hybridized carbons (Fsp3) is 0.278. The Kier molecular flexibility index (Phi) is 4.66. The van der Waals surface area contributed by atoms with Crippen molar-refractivity contribution in [1.29, 1.82) is 0 Å². The molecule has 0 bridgehead atoms. The lowest BCUT2D eigenvalue weighted by Gasteiger charge is -2.26. The van der Waals surface area contributed by atoms with E-state index in [1.165, 1.54) is 12.1 Å². The fourth-order valence-electron chi connectivity index (χ4n) is 2.94. The topological polar surface area (TPSA) is 60.1 Å². The number of ether oxygens (including phenoxy) is 2. The maximum atomic E-state index is 13.2. The molecule has 3 rings (SSSR count). The number of benzene rings is 2. The van der Waals surface area contributed by atoms with E-state index in [-0.39, 0.29) is 11.9 Å². The van der Waals surface area contributed by atoms with Crippen LogP contribution in [0.3, 0.4) is 0 Å². The minimum Gasteiger partial charge on any atom is -0.493 e. The van der Waals surface area contributed by atoms with Crippen molar-refractivity contribution in [3.63, 3.8) is 0 Å². The number of nitrogens with two attached hydrogens (primary N) is 1. The Morgan fingerprint density at radius 3 is 2.54 bits per heavy atom. The van der Waals surface area contributed by atoms with Crippen LogP contribution in [-0.4, -0.2) is 26.5 Å². The largest absolute Gasteiger partial charge is 0.493 e. The molecule has 2 aromatic carbocycles. The molecule has 1 aliphatic heterocycles.